The quantitative estimate of drug-likeness (QED) is 0.780. The smallest absolute Gasteiger partial charge is 0.339 e. The summed E-state index contributed by atoms with van der Waals surface area (Å²) in [6, 6.07) is 10.8. The summed E-state index contributed by atoms with van der Waals surface area (Å²) < 4.78 is 11.4. The Kier molecular flexibility index (Phi) is 5.63. The van der Waals surface area contributed by atoms with Crippen molar-refractivity contribution in [3.05, 3.63) is 58.7 Å². The molecule has 0 aliphatic carbocycles. The molecule has 2 aromatic carbocycles. The summed E-state index contributed by atoms with van der Waals surface area (Å²) in [4.78, 5) is 11.1. The van der Waals surface area contributed by atoms with Crippen LogP contribution in [0.15, 0.2) is 36.4 Å². The third kappa shape index (κ3) is 4.25. The van der Waals surface area contributed by atoms with Gasteiger partial charge in [0.1, 0.15) is 17.1 Å². The zero-order valence-electron chi connectivity index (χ0n) is 13.8. The molecule has 2 rings (SSSR count). The van der Waals surface area contributed by atoms with Crippen LogP contribution in [0.4, 0.5) is 0 Å². The zero-order chi connectivity index (χ0) is 16.8. The maximum absolute atomic E-state index is 11.1. The number of hydrogen-bond acceptors (Lipinski definition) is 3. The highest BCUT2D eigenvalue weighted by molar-refractivity contribution is 5.90. The summed E-state index contributed by atoms with van der Waals surface area (Å²) in [6.45, 7) is 7.08. The van der Waals surface area contributed by atoms with E-state index in [0.717, 1.165) is 16.9 Å². The van der Waals surface area contributed by atoms with Crippen molar-refractivity contribution in [2.45, 2.75) is 27.2 Å². The molecule has 0 aromatic heterocycles. The number of para-hydroxylation sites is 1. The molecular formula is C19H22O4. The monoisotopic (exact) mass is 314 g/mol. The lowest BCUT2D eigenvalue weighted by atomic mass is 10.1. The minimum atomic E-state index is -0.983. The van der Waals surface area contributed by atoms with Gasteiger partial charge >= 0.3 is 5.97 Å². The molecule has 0 saturated heterocycles. The molecule has 0 heterocycles. The Morgan fingerprint density at radius 2 is 1.61 bits per heavy atom. The molecule has 4 nitrogen and oxygen atoms in total. The maximum Gasteiger partial charge on any atom is 0.339 e. The van der Waals surface area contributed by atoms with Gasteiger partial charge in [-0.25, -0.2) is 4.79 Å². The summed E-state index contributed by atoms with van der Waals surface area (Å²) >= 11 is 0. The molecule has 0 radical (unpaired) electrons. The first-order valence-electron chi connectivity index (χ1n) is 7.65. The van der Waals surface area contributed by atoms with Crippen molar-refractivity contribution in [1.82, 2.24) is 0 Å². The summed E-state index contributed by atoms with van der Waals surface area (Å²) in [5, 5.41) is 9.10. The number of benzene rings is 2. The van der Waals surface area contributed by atoms with Crippen LogP contribution >= 0.6 is 0 Å². The fraction of sp³-hybridized carbons (Fsp3) is 0.316. The first kappa shape index (κ1) is 16.9. The van der Waals surface area contributed by atoms with E-state index in [2.05, 4.69) is 26.0 Å². The number of hydrogen-bond donors (Lipinski definition) is 1. The van der Waals surface area contributed by atoms with Gasteiger partial charge in [-0.1, -0.05) is 24.3 Å². The molecule has 122 valence electrons. The first-order valence-corrected chi connectivity index (χ1v) is 7.65. The van der Waals surface area contributed by atoms with E-state index in [1.165, 1.54) is 11.6 Å². The van der Waals surface area contributed by atoms with Crippen molar-refractivity contribution in [2.75, 3.05) is 13.2 Å². The van der Waals surface area contributed by atoms with Gasteiger partial charge in [-0.3, -0.25) is 0 Å². The number of carboxylic acid groups (broad SMARTS) is 1. The van der Waals surface area contributed by atoms with Gasteiger partial charge in [0, 0.05) is 6.42 Å². The van der Waals surface area contributed by atoms with Crippen LogP contribution in [0, 0.1) is 20.8 Å². The summed E-state index contributed by atoms with van der Waals surface area (Å²) in [5.41, 5.74) is 3.66. The summed E-state index contributed by atoms with van der Waals surface area (Å²) in [6.07, 6.45) is 0.681. The molecule has 0 aliphatic heterocycles. The van der Waals surface area contributed by atoms with E-state index < -0.39 is 5.97 Å². The van der Waals surface area contributed by atoms with Crippen molar-refractivity contribution >= 4 is 5.97 Å². The van der Waals surface area contributed by atoms with Gasteiger partial charge in [-0.05, 0) is 49.6 Å². The molecule has 0 fully saturated rings. The van der Waals surface area contributed by atoms with Crippen molar-refractivity contribution in [3.63, 3.8) is 0 Å². The predicted octanol–water partition coefficient (Wildman–Crippen LogP) is 4.16. The molecule has 0 aliphatic rings. The van der Waals surface area contributed by atoms with Crippen LogP contribution < -0.4 is 9.47 Å². The maximum atomic E-state index is 11.1. The highest BCUT2D eigenvalue weighted by atomic mass is 16.5. The second-order valence-corrected chi connectivity index (χ2v) is 5.51. The fourth-order valence-corrected chi connectivity index (χ4v) is 2.33. The minimum absolute atomic E-state index is 0.179. The van der Waals surface area contributed by atoms with E-state index in [-0.39, 0.29) is 5.56 Å². The normalized spacial score (nSPS) is 10.4. The number of rotatable bonds is 7. The molecule has 2 aromatic rings. The second kappa shape index (κ2) is 7.68. The topological polar surface area (TPSA) is 55.8 Å². The molecule has 0 unspecified atom stereocenters. The Balaban J connectivity index is 1.86. The van der Waals surface area contributed by atoms with Gasteiger partial charge in [0.25, 0.3) is 0 Å². The molecule has 0 saturated carbocycles. The first-order chi connectivity index (χ1) is 11.0. The molecule has 23 heavy (non-hydrogen) atoms. The molecule has 4 heteroatoms. The van der Waals surface area contributed by atoms with Crippen molar-refractivity contribution in [1.29, 1.82) is 0 Å². The van der Waals surface area contributed by atoms with Crippen molar-refractivity contribution < 1.29 is 19.4 Å². The van der Waals surface area contributed by atoms with E-state index in [4.69, 9.17) is 14.6 Å². The standard InChI is InChI=1S/C19H22O4/c1-13-9-10-14(2)18(15(13)3)23-12-6-11-22-17-8-5-4-7-16(17)19(20)21/h4-5,7-10H,6,11-12H2,1-3H3,(H,20,21). The predicted molar refractivity (Wildman–Crippen MR) is 89.7 cm³/mol. The highest BCUT2D eigenvalue weighted by Crippen LogP contribution is 2.25. The van der Waals surface area contributed by atoms with Crippen LogP contribution in [0.5, 0.6) is 11.5 Å². The Labute approximate surface area is 136 Å². The zero-order valence-corrected chi connectivity index (χ0v) is 13.8. The lowest BCUT2D eigenvalue weighted by molar-refractivity contribution is 0.0692. The Morgan fingerprint density at radius 3 is 2.35 bits per heavy atom. The number of ether oxygens (including phenoxy) is 2. The Morgan fingerprint density at radius 1 is 0.957 bits per heavy atom. The largest absolute Gasteiger partial charge is 0.493 e. The molecular weight excluding hydrogens is 292 g/mol. The third-order valence-corrected chi connectivity index (χ3v) is 3.78. The lowest BCUT2D eigenvalue weighted by Crippen LogP contribution is -2.08. The number of aromatic carboxylic acids is 1. The average Bonchev–Trinajstić information content (AvgIpc) is 2.54. The number of aryl methyl sites for hydroxylation is 2. The van der Waals surface area contributed by atoms with Crippen LogP contribution in [-0.4, -0.2) is 24.3 Å². The van der Waals surface area contributed by atoms with Gasteiger partial charge in [-0.15, -0.1) is 0 Å². The Hall–Kier alpha value is -2.49. The Bertz CT molecular complexity index is 692. The van der Waals surface area contributed by atoms with Gasteiger partial charge < -0.3 is 14.6 Å². The number of carboxylic acids is 1. The fourth-order valence-electron chi connectivity index (χ4n) is 2.33. The lowest BCUT2D eigenvalue weighted by Gasteiger charge is -2.14. The van der Waals surface area contributed by atoms with Crippen LogP contribution in [0.3, 0.4) is 0 Å². The van der Waals surface area contributed by atoms with E-state index in [0.29, 0.717) is 25.4 Å². The molecule has 0 bridgehead atoms. The highest BCUT2D eigenvalue weighted by Gasteiger charge is 2.10. The SMILES string of the molecule is Cc1ccc(C)c(OCCCOc2ccccc2C(=O)O)c1C. The molecule has 0 spiro atoms. The van der Waals surface area contributed by atoms with Crippen molar-refractivity contribution in [3.8, 4) is 11.5 Å². The van der Waals surface area contributed by atoms with Gasteiger partial charge in [0.15, 0.2) is 0 Å². The van der Waals surface area contributed by atoms with Crippen LogP contribution in [-0.2, 0) is 0 Å². The van der Waals surface area contributed by atoms with Crippen LogP contribution in [0.25, 0.3) is 0 Å². The molecule has 0 atom stereocenters. The van der Waals surface area contributed by atoms with Gasteiger partial charge in [-0.2, -0.15) is 0 Å². The van der Waals surface area contributed by atoms with Crippen LogP contribution in [0.2, 0.25) is 0 Å². The minimum Gasteiger partial charge on any atom is -0.493 e. The van der Waals surface area contributed by atoms with E-state index in [9.17, 15) is 4.79 Å². The second-order valence-electron chi connectivity index (χ2n) is 5.51. The molecule has 0 amide bonds. The van der Waals surface area contributed by atoms with Gasteiger partial charge in [0.05, 0.1) is 13.2 Å². The van der Waals surface area contributed by atoms with E-state index >= 15 is 0 Å². The molecule has 1 N–H and O–H groups in total. The third-order valence-electron chi connectivity index (χ3n) is 3.78. The summed E-state index contributed by atoms with van der Waals surface area (Å²) in [5.74, 6) is 0.335. The van der Waals surface area contributed by atoms with Crippen LogP contribution in [0.1, 0.15) is 33.5 Å². The number of carbonyl (C=O) groups is 1. The van der Waals surface area contributed by atoms with Crippen molar-refractivity contribution in [2.24, 2.45) is 0 Å². The van der Waals surface area contributed by atoms with E-state index in [1.54, 1.807) is 18.2 Å². The summed E-state index contributed by atoms with van der Waals surface area (Å²) in [7, 11) is 0. The average molecular weight is 314 g/mol. The van der Waals surface area contributed by atoms with E-state index in [1.807, 2.05) is 6.92 Å². The van der Waals surface area contributed by atoms with Gasteiger partial charge in [0.2, 0.25) is 0 Å².